The molecule has 94 valence electrons. The lowest BCUT2D eigenvalue weighted by atomic mass is 10.3. The molecule has 2 heterocycles. The monoisotopic (exact) mass is 247 g/mol. The van der Waals surface area contributed by atoms with Crippen LogP contribution in [-0.4, -0.2) is 34.9 Å². The van der Waals surface area contributed by atoms with Crippen molar-refractivity contribution < 1.29 is 14.3 Å². The van der Waals surface area contributed by atoms with Gasteiger partial charge < -0.3 is 14.5 Å². The van der Waals surface area contributed by atoms with Gasteiger partial charge in [0.25, 0.3) is 5.91 Å². The molecule has 0 bridgehead atoms. The van der Waals surface area contributed by atoms with Gasteiger partial charge in [-0.05, 0) is 24.6 Å². The van der Waals surface area contributed by atoms with Gasteiger partial charge in [0.2, 0.25) is 0 Å². The zero-order valence-corrected chi connectivity index (χ0v) is 10.1. The molecule has 6 nitrogen and oxygen atoms in total. The van der Waals surface area contributed by atoms with Gasteiger partial charge in [0.1, 0.15) is 17.9 Å². The van der Waals surface area contributed by atoms with Crippen molar-refractivity contribution in [2.75, 3.05) is 13.7 Å². The summed E-state index contributed by atoms with van der Waals surface area (Å²) in [4.78, 5) is 26.8. The fraction of sp³-hybridized carbons (Fsp3) is 0.250. The lowest BCUT2D eigenvalue weighted by Gasteiger charge is -2.00. The average Bonchev–Trinajstić information content (AvgIpc) is 2.78. The van der Waals surface area contributed by atoms with Gasteiger partial charge in [-0.1, -0.05) is 0 Å². The first-order valence-corrected chi connectivity index (χ1v) is 5.40. The van der Waals surface area contributed by atoms with E-state index in [1.807, 2.05) is 25.3 Å². The van der Waals surface area contributed by atoms with Gasteiger partial charge in [-0.2, -0.15) is 0 Å². The Kier molecular flexibility index (Phi) is 3.27. The van der Waals surface area contributed by atoms with Gasteiger partial charge >= 0.3 is 5.97 Å². The normalized spacial score (nSPS) is 10.3. The third-order valence-corrected chi connectivity index (χ3v) is 2.47. The van der Waals surface area contributed by atoms with Crippen LogP contribution in [0.1, 0.15) is 16.1 Å². The molecular weight excluding hydrogens is 234 g/mol. The summed E-state index contributed by atoms with van der Waals surface area (Å²) in [5, 5.41) is 2.44. The number of methoxy groups -OCH3 is 1. The number of pyridine rings is 1. The van der Waals surface area contributed by atoms with Crippen LogP contribution in [0.4, 0.5) is 0 Å². The van der Waals surface area contributed by atoms with Crippen molar-refractivity contribution in [1.29, 1.82) is 0 Å². The predicted octanol–water partition coefficient (Wildman–Crippen LogP) is 0.546. The quantitative estimate of drug-likeness (QED) is 0.804. The van der Waals surface area contributed by atoms with Crippen molar-refractivity contribution in [2.24, 2.45) is 0 Å². The summed E-state index contributed by atoms with van der Waals surface area (Å²) in [5.41, 5.74) is 2.03. The third kappa shape index (κ3) is 2.48. The van der Waals surface area contributed by atoms with Crippen molar-refractivity contribution in [2.45, 2.75) is 6.92 Å². The lowest BCUT2D eigenvalue weighted by molar-refractivity contribution is -0.139. The van der Waals surface area contributed by atoms with Crippen molar-refractivity contribution in [1.82, 2.24) is 14.7 Å². The summed E-state index contributed by atoms with van der Waals surface area (Å²) in [6, 6.07) is 3.79. The molecular formula is C12H13N3O3. The maximum Gasteiger partial charge on any atom is 0.325 e. The van der Waals surface area contributed by atoms with Crippen molar-refractivity contribution >= 4 is 17.5 Å². The molecule has 0 aliphatic carbocycles. The first-order chi connectivity index (χ1) is 8.60. The summed E-state index contributed by atoms with van der Waals surface area (Å²) in [5.74, 6) is -0.898. The molecule has 0 radical (unpaired) electrons. The second-order valence-electron chi connectivity index (χ2n) is 3.85. The van der Waals surface area contributed by atoms with Crippen LogP contribution >= 0.6 is 0 Å². The Morgan fingerprint density at radius 1 is 1.50 bits per heavy atom. The van der Waals surface area contributed by atoms with Gasteiger partial charge in [0, 0.05) is 12.4 Å². The number of imidazole rings is 1. The average molecular weight is 247 g/mol. The summed E-state index contributed by atoms with van der Waals surface area (Å²) in [7, 11) is 1.27. The van der Waals surface area contributed by atoms with Crippen molar-refractivity contribution in [3.05, 3.63) is 35.8 Å². The van der Waals surface area contributed by atoms with Gasteiger partial charge in [0.05, 0.1) is 7.11 Å². The Hall–Kier alpha value is -2.37. The maximum atomic E-state index is 11.7. The number of nitrogens with one attached hydrogen (secondary N) is 1. The highest BCUT2D eigenvalue weighted by molar-refractivity contribution is 5.94. The Morgan fingerprint density at radius 3 is 3.00 bits per heavy atom. The van der Waals surface area contributed by atoms with Crippen LogP contribution in [0.3, 0.4) is 0 Å². The van der Waals surface area contributed by atoms with Gasteiger partial charge in [-0.25, -0.2) is 4.98 Å². The second kappa shape index (κ2) is 4.87. The summed E-state index contributed by atoms with van der Waals surface area (Å²) in [6.45, 7) is 1.79. The Labute approximate surface area is 104 Å². The van der Waals surface area contributed by atoms with Gasteiger partial charge in [-0.15, -0.1) is 0 Å². The number of hydrogen-bond acceptors (Lipinski definition) is 4. The number of hydrogen-bond donors (Lipinski definition) is 1. The number of ether oxygens (including phenoxy) is 1. The predicted molar refractivity (Wildman–Crippen MR) is 64.3 cm³/mol. The van der Waals surface area contributed by atoms with Crippen LogP contribution < -0.4 is 5.32 Å². The molecule has 0 saturated carbocycles. The zero-order valence-electron chi connectivity index (χ0n) is 10.1. The molecule has 0 unspecified atom stereocenters. The van der Waals surface area contributed by atoms with Crippen molar-refractivity contribution in [3.63, 3.8) is 0 Å². The first kappa shape index (κ1) is 12.1. The number of fused-ring (bicyclic) bond motifs is 1. The number of aromatic nitrogens is 2. The van der Waals surface area contributed by atoms with Crippen LogP contribution in [0.2, 0.25) is 0 Å². The minimum Gasteiger partial charge on any atom is -0.468 e. The smallest absolute Gasteiger partial charge is 0.325 e. The molecule has 1 amide bonds. The number of carbonyl (C=O) groups is 2. The number of esters is 1. The first-order valence-electron chi connectivity index (χ1n) is 5.40. The largest absolute Gasteiger partial charge is 0.468 e. The molecule has 1 N–H and O–H groups in total. The van der Waals surface area contributed by atoms with E-state index in [2.05, 4.69) is 15.0 Å². The number of aryl methyl sites for hydroxylation is 1. The molecule has 6 heteroatoms. The van der Waals surface area contributed by atoms with Gasteiger partial charge in [-0.3, -0.25) is 9.59 Å². The highest BCUT2D eigenvalue weighted by atomic mass is 16.5. The minimum atomic E-state index is -0.497. The van der Waals surface area contributed by atoms with E-state index in [-0.39, 0.29) is 12.2 Å². The molecule has 18 heavy (non-hydrogen) atoms. The highest BCUT2D eigenvalue weighted by Crippen LogP contribution is 2.07. The van der Waals surface area contributed by atoms with Crippen molar-refractivity contribution in [3.8, 4) is 0 Å². The van der Waals surface area contributed by atoms with Crippen LogP contribution in [0.5, 0.6) is 0 Å². The minimum absolute atomic E-state index is 0.164. The number of rotatable bonds is 3. The molecule has 0 atom stereocenters. The number of carbonyl (C=O) groups excluding carboxylic acids is 2. The summed E-state index contributed by atoms with van der Waals surface area (Å²) in [6.07, 6.45) is 3.44. The van der Waals surface area contributed by atoms with E-state index in [1.54, 1.807) is 10.6 Å². The van der Waals surface area contributed by atoms with Gasteiger partial charge in [0.15, 0.2) is 0 Å². The second-order valence-corrected chi connectivity index (χ2v) is 3.85. The van der Waals surface area contributed by atoms with E-state index in [9.17, 15) is 9.59 Å². The fourth-order valence-electron chi connectivity index (χ4n) is 1.51. The maximum absolute atomic E-state index is 11.7. The molecule has 0 spiro atoms. The molecule has 0 aliphatic heterocycles. The summed E-state index contributed by atoms with van der Waals surface area (Å²) >= 11 is 0. The van der Waals surface area contributed by atoms with E-state index >= 15 is 0 Å². The Morgan fingerprint density at radius 2 is 2.28 bits per heavy atom. The zero-order chi connectivity index (χ0) is 13.1. The highest BCUT2D eigenvalue weighted by Gasteiger charge is 2.11. The van der Waals surface area contributed by atoms with Crippen LogP contribution in [-0.2, 0) is 9.53 Å². The van der Waals surface area contributed by atoms with E-state index in [0.717, 1.165) is 5.56 Å². The SMILES string of the molecule is COC(=O)CNC(=O)c1cn2ccc(C)cc2n1. The number of amides is 1. The number of nitrogens with zero attached hydrogens (tertiary/aromatic N) is 2. The third-order valence-electron chi connectivity index (χ3n) is 2.47. The Balaban J connectivity index is 2.15. The molecule has 0 aromatic carbocycles. The topological polar surface area (TPSA) is 72.7 Å². The fourth-order valence-corrected chi connectivity index (χ4v) is 1.51. The van der Waals surface area contributed by atoms with E-state index < -0.39 is 11.9 Å². The summed E-state index contributed by atoms with van der Waals surface area (Å²) < 4.78 is 6.18. The van der Waals surface area contributed by atoms with E-state index in [0.29, 0.717) is 5.65 Å². The molecule has 0 fully saturated rings. The van der Waals surface area contributed by atoms with E-state index in [1.165, 1.54) is 7.11 Å². The molecule has 2 rings (SSSR count). The van der Waals surface area contributed by atoms with Crippen LogP contribution in [0.15, 0.2) is 24.5 Å². The standard InChI is InChI=1S/C12H13N3O3/c1-8-3-4-15-7-9(14-10(15)5-8)12(17)13-6-11(16)18-2/h3-5,7H,6H2,1-2H3,(H,13,17). The molecule has 0 aliphatic rings. The lowest BCUT2D eigenvalue weighted by Crippen LogP contribution is -2.30. The Bertz CT molecular complexity index is 604. The van der Waals surface area contributed by atoms with Crippen LogP contribution in [0.25, 0.3) is 5.65 Å². The molecule has 0 saturated heterocycles. The van der Waals surface area contributed by atoms with E-state index in [4.69, 9.17) is 0 Å². The van der Waals surface area contributed by atoms with Crippen LogP contribution in [0, 0.1) is 6.92 Å². The molecule has 2 aromatic rings. The molecule has 2 aromatic heterocycles.